The SMILES string of the molecule is Cc1ccc(NC2CCC(Cn3c(=NN)cnc4[nH]ccc43)C2)cc1. The topological polar surface area (TPSA) is 84.0 Å². The number of anilines is 1. The highest BCUT2D eigenvalue weighted by Crippen LogP contribution is 2.29. The molecule has 1 aliphatic rings. The van der Waals surface area contributed by atoms with E-state index in [1.165, 1.54) is 24.1 Å². The van der Waals surface area contributed by atoms with Crippen molar-refractivity contribution in [3.05, 3.63) is 53.8 Å². The summed E-state index contributed by atoms with van der Waals surface area (Å²) in [5.41, 5.74) is 5.15. The Kier molecular flexibility index (Phi) is 4.17. The lowest BCUT2D eigenvalue weighted by Gasteiger charge is -2.16. The van der Waals surface area contributed by atoms with Crippen molar-refractivity contribution in [1.82, 2.24) is 14.5 Å². The third-order valence-corrected chi connectivity index (χ3v) is 5.12. The number of aromatic nitrogens is 3. The van der Waals surface area contributed by atoms with Crippen molar-refractivity contribution in [2.75, 3.05) is 5.32 Å². The van der Waals surface area contributed by atoms with Gasteiger partial charge in [-0.2, -0.15) is 5.10 Å². The number of fused-ring (bicyclic) bond motifs is 1. The summed E-state index contributed by atoms with van der Waals surface area (Å²) in [6, 6.07) is 11.2. The second-order valence-electron chi connectivity index (χ2n) is 6.95. The van der Waals surface area contributed by atoms with Gasteiger partial charge in [-0.15, -0.1) is 0 Å². The van der Waals surface area contributed by atoms with Gasteiger partial charge in [-0.05, 0) is 50.3 Å². The van der Waals surface area contributed by atoms with E-state index in [0.717, 1.165) is 29.6 Å². The number of hydrogen-bond donors (Lipinski definition) is 3. The van der Waals surface area contributed by atoms with E-state index >= 15 is 0 Å². The van der Waals surface area contributed by atoms with Crippen LogP contribution in [-0.2, 0) is 6.54 Å². The summed E-state index contributed by atoms with van der Waals surface area (Å²) in [6.45, 7) is 3.03. The fraction of sp³-hybridized carbons (Fsp3) is 0.368. The Labute approximate surface area is 146 Å². The number of nitrogens with two attached hydrogens (primary N) is 1. The van der Waals surface area contributed by atoms with Crippen LogP contribution in [0.4, 0.5) is 5.69 Å². The number of nitrogens with zero attached hydrogens (tertiary/aromatic N) is 3. The van der Waals surface area contributed by atoms with Crippen molar-refractivity contribution in [1.29, 1.82) is 0 Å². The van der Waals surface area contributed by atoms with Crippen LogP contribution >= 0.6 is 0 Å². The maximum Gasteiger partial charge on any atom is 0.171 e. The van der Waals surface area contributed by atoms with Gasteiger partial charge in [0.05, 0.1) is 11.7 Å². The molecule has 1 aliphatic carbocycles. The van der Waals surface area contributed by atoms with Crippen molar-refractivity contribution in [3.63, 3.8) is 0 Å². The average molecular weight is 336 g/mol. The Balaban J connectivity index is 1.48. The van der Waals surface area contributed by atoms with Crippen LogP contribution in [0.15, 0.2) is 47.8 Å². The van der Waals surface area contributed by atoms with Crippen LogP contribution < -0.4 is 16.6 Å². The summed E-state index contributed by atoms with van der Waals surface area (Å²) in [7, 11) is 0. The highest BCUT2D eigenvalue weighted by molar-refractivity contribution is 5.70. The van der Waals surface area contributed by atoms with E-state index in [2.05, 4.69) is 56.1 Å². The number of nitrogens with one attached hydrogen (secondary N) is 2. The molecule has 4 rings (SSSR count). The maximum atomic E-state index is 5.57. The third-order valence-electron chi connectivity index (χ3n) is 5.12. The molecular formula is C19H24N6. The van der Waals surface area contributed by atoms with E-state index in [4.69, 9.17) is 5.84 Å². The molecule has 0 aliphatic heterocycles. The zero-order valence-electron chi connectivity index (χ0n) is 14.4. The van der Waals surface area contributed by atoms with E-state index in [1.807, 2.05) is 12.3 Å². The van der Waals surface area contributed by atoms with Crippen LogP contribution in [0.1, 0.15) is 24.8 Å². The monoisotopic (exact) mass is 336 g/mol. The zero-order valence-corrected chi connectivity index (χ0v) is 14.4. The van der Waals surface area contributed by atoms with Crippen molar-refractivity contribution in [2.45, 2.75) is 38.8 Å². The van der Waals surface area contributed by atoms with Crippen LogP contribution in [0.3, 0.4) is 0 Å². The van der Waals surface area contributed by atoms with Crippen LogP contribution in [0.2, 0.25) is 0 Å². The first-order valence-electron chi connectivity index (χ1n) is 8.83. The third kappa shape index (κ3) is 3.24. The fourth-order valence-corrected chi connectivity index (χ4v) is 3.80. The number of hydrogen-bond acceptors (Lipinski definition) is 4. The van der Waals surface area contributed by atoms with E-state index in [1.54, 1.807) is 6.20 Å². The van der Waals surface area contributed by atoms with E-state index in [9.17, 15) is 0 Å². The van der Waals surface area contributed by atoms with Gasteiger partial charge in [-0.25, -0.2) is 4.98 Å². The molecule has 25 heavy (non-hydrogen) atoms. The molecule has 6 heteroatoms. The largest absolute Gasteiger partial charge is 0.382 e. The minimum absolute atomic E-state index is 0.523. The lowest BCUT2D eigenvalue weighted by atomic mass is 10.1. The first-order valence-corrected chi connectivity index (χ1v) is 8.83. The van der Waals surface area contributed by atoms with E-state index < -0.39 is 0 Å². The summed E-state index contributed by atoms with van der Waals surface area (Å²) in [5, 5.41) is 7.58. The Morgan fingerprint density at radius 2 is 2.12 bits per heavy atom. The molecular weight excluding hydrogens is 312 g/mol. The van der Waals surface area contributed by atoms with Crippen LogP contribution in [0.5, 0.6) is 0 Å². The van der Waals surface area contributed by atoms with Gasteiger partial charge >= 0.3 is 0 Å². The standard InChI is InChI=1S/C19H24N6/c1-13-2-5-15(6-3-13)23-16-7-4-14(10-16)12-25-17-8-9-21-19(17)22-11-18(25)24-20/h2-3,5-6,8-9,11,14,16,21,23H,4,7,10,12,20H2,1H3. The van der Waals surface area contributed by atoms with Gasteiger partial charge in [0.15, 0.2) is 11.1 Å². The van der Waals surface area contributed by atoms with Crippen LogP contribution in [0, 0.1) is 12.8 Å². The van der Waals surface area contributed by atoms with E-state index in [0.29, 0.717) is 12.0 Å². The Bertz CT molecular complexity index is 921. The molecule has 1 saturated carbocycles. The maximum absolute atomic E-state index is 5.57. The van der Waals surface area contributed by atoms with Gasteiger partial charge in [0, 0.05) is 24.5 Å². The van der Waals surface area contributed by atoms with Crippen LogP contribution in [-0.4, -0.2) is 20.6 Å². The van der Waals surface area contributed by atoms with Gasteiger partial charge in [0.1, 0.15) is 0 Å². The summed E-state index contributed by atoms with van der Waals surface area (Å²) < 4.78 is 2.18. The molecule has 2 unspecified atom stereocenters. The lowest BCUT2D eigenvalue weighted by Crippen LogP contribution is -2.26. The normalized spacial score (nSPS) is 21.1. The molecule has 130 valence electrons. The van der Waals surface area contributed by atoms with Crippen molar-refractivity contribution in [3.8, 4) is 0 Å². The molecule has 2 heterocycles. The molecule has 0 spiro atoms. The molecule has 0 saturated heterocycles. The summed E-state index contributed by atoms with van der Waals surface area (Å²) in [6.07, 6.45) is 7.18. The molecule has 0 bridgehead atoms. The minimum atomic E-state index is 0.523. The average Bonchev–Trinajstić information content (AvgIpc) is 3.26. The van der Waals surface area contributed by atoms with Crippen molar-refractivity contribution >= 4 is 16.9 Å². The first kappa shape index (κ1) is 15.7. The van der Waals surface area contributed by atoms with Gasteiger partial charge in [-0.1, -0.05) is 17.7 Å². The molecule has 2 atom stereocenters. The molecule has 4 N–H and O–H groups in total. The number of rotatable bonds is 4. The number of benzene rings is 1. The molecule has 1 aromatic carbocycles. The zero-order chi connectivity index (χ0) is 17.2. The Morgan fingerprint density at radius 1 is 1.28 bits per heavy atom. The second kappa shape index (κ2) is 6.63. The van der Waals surface area contributed by atoms with Crippen molar-refractivity contribution < 1.29 is 0 Å². The van der Waals surface area contributed by atoms with Crippen LogP contribution in [0.25, 0.3) is 11.2 Å². The molecule has 1 fully saturated rings. The minimum Gasteiger partial charge on any atom is -0.382 e. The second-order valence-corrected chi connectivity index (χ2v) is 6.95. The molecule has 6 nitrogen and oxygen atoms in total. The molecule has 2 aromatic heterocycles. The predicted molar refractivity (Wildman–Crippen MR) is 99.8 cm³/mol. The van der Waals surface area contributed by atoms with E-state index in [-0.39, 0.29) is 0 Å². The summed E-state index contributed by atoms with van der Waals surface area (Å²) >= 11 is 0. The molecule has 0 amide bonds. The quantitative estimate of drug-likeness (QED) is 0.506. The molecule has 3 aromatic rings. The first-order chi connectivity index (χ1) is 12.2. The number of aromatic amines is 1. The van der Waals surface area contributed by atoms with Crippen molar-refractivity contribution in [2.24, 2.45) is 16.9 Å². The Hall–Kier alpha value is -2.76. The van der Waals surface area contributed by atoms with Gasteiger partial charge < -0.3 is 20.7 Å². The number of aryl methyl sites for hydroxylation is 1. The molecule has 0 radical (unpaired) electrons. The number of H-pyrrole nitrogens is 1. The highest BCUT2D eigenvalue weighted by Gasteiger charge is 2.25. The fourth-order valence-electron chi connectivity index (χ4n) is 3.80. The predicted octanol–water partition coefficient (Wildman–Crippen LogP) is 2.73. The van der Waals surface area contributed by atoms with Gasteiger partial charge in [0.2, 0.25) is 0 Å². The lowest BCUT2D eigenvalue weighted by molar-refractivity contribution is 0.450. The smallest absolute Gasteiger partial charge is 0.171 e. The van der Waals surface area contributed by atoms with Gasteiger partial charge in [-0.3, -0.25) is 0 Å². The summed E-state index contributed by atoms with van der Waals surface area (Å²) in [5.74, 6) is 6.17. The summed E-state index contributed by atoms with van der Waals surface area (Å²) in [4.78, 5) is 7.52. The van der Waals surface area contributed by atoms with Gasteiger partial charge in [0.25, 0.3) is 0 Å². The Morgan fingerprint density at radius 3 is 2.92 bits per heavy atom. The highest BCUT2D eigenvalue weighted by atomic mass is 15.2.